The molecule has 1 aromatic carbocycles. The molecular weight excluding hydrogens is 252 g/mol. The average Bonchev–Trinajstić information content (AvgIpc) is 2.73. The Labute approximate surface area is 112 Å². The number of H-pyrrole nitrogens is 1. The molecule has 6 heteroatoms. The third-order valence-corrected chi connectivity index (χ3v) is 2.58. The first-order valence-corrected chi connectivity index (χ1v) is 5.70. The second-order valence-electron chi connectivity index (χ2n) is 3.89. The lowest BCUT2D eigenvalue weighted by Gasteiger charge is -2.02. The quantitative estimate of drug-likeness (QED) is 0.707. The molecule has 5 nitrogen and oxygen atoms in total. The van der Waals surface area contributed by atoms with E-state index in [9.17, 15) is 4.79 Å². The summed E-state index contributed by atoms with van der Waals surface area (Å²) in [4.78, 5) is 11.6. The van der Waals surface area contributed by atoms with Crippen LogP contribution in [0.4, 0.5) is 0 Å². The number of aromatic nitrogens is 2. The van der Waals surface area contributed by atoms with Crippen LogP contribution in [0.1, 0.15) is 12.1 Å². The lowest BCUT2D eigenvalue weighted by molar-refractivity contribution is -0.120. The largest absolute Gasteiger partial charge is 0.356 e. The van der Waals surface area contributed by atoms with Crippen LogP contribution in [0.2, 0.25) is 0 Å². The number of hydrogen-bond donors (Lipinski definition) is 3. The van der Waals surface area contributed by atoms with E-state index in [2.05, 4.69) is 15.5 Å². The number of nitrogens with zero attached hydrogens (tertiary/aromatic N) is 1. The highest BCUT2D eigenvalue weighted by Crippen LogP contribution is 2.15. The molecule has 0 saturated heterocycles. The molecule has 0 spiro atoms. The molecule has 18 heavy (non-hydrogen) atoms. The smallest absolute Gasteiger partial charge is 0.226 e. The average molecular weight is 269 g/mol. The standard InChI is InChI=1S/C12H16N4O.ClH/c13-6-3-7-14-12(17)8-11-9-4-1-2-5-10(9)15-16-11;/h1-2,4-5H,3,6-8,13H2,(H,14,17)(H,15,16);1H. The van der Waals surface area contributed by atoms with Crippen LogP contribution < -0.4 is 11.1 Å². The SMILES string of the molecule is Cl.NCCCNC(=O)Cc1[nH]nc2ccccc12. The third kappa shape index (κ3) is 3.45. The van der Waals surface area contributed by atoms with Crippen molar-refractivity contribution in [3.63, 3.8) is 0 Å². The fourth-order valence-electron chi connectivity index (χ4n) is 1.70. The monoisotopic (exact) mass is 268 g/mol. The predicted molar refractivity (Wildman–Crippen MR) is 73.7 cm³/mol. The van der Waals surface area contributed by atoms with E-state index in [1.165, 1.54) is 0 Å². The summed E-state index contributed by atoms with van der Waals surface area (Å²) in [6.07, 6.45) is 1.13. The number of carbonyl (C=O) groups is 1. The van der Waals surface area contributed by atoms with Crippen molar-refractivity contribution in [3.05, 3.63) is 30.0 Å². The van der Waals surface area contributed by atoms with E-state index < -0.39 is 0 Å². The number of aromatic amines is 1. The lowest BCUT2D eigenvalue weighted by Crippen LogP contribution is -2.27. The molecule has 1 aromatic heterocycles. The second-order valence-corrected chi connectivity index (χ2v) is 3.89. The molecule has 4 N–H and O–H groups in total. The summed E-state index contributed by atoms with van der Waals surface area (Å²) < 4.78 is 0. The number of nitrogens with two attached hydrogens (primary N) is 1. The Morgan fingerprint density at radius 2 is 2.17 bits per heavy atom. The summed E-state index contributed by atoms with van der Waals surface area (Å²) in [6, 6.07) is 7.74. The van der Waals surface area contributed by atoms with Gasteiger partial charge in [0.05, 0.1) is 17.6 Å². The number of fused-ring (bicyclic) bond motifs is 1. The Hall–Kier alpha value is -1.59. The summed E-state index contributed by atoms with van der Waals surface area (Å²) in [7, 11) is 0. The maximum Gasteiger partial charge on any atom is 0.226 e. The van der Waals surface area contributed by atoms with Crippen LogP contribution in [0.15, 0.2) is 24.3 Å². The van der Waals surface area contributed by atoms with Crippen molar-refractivity contribution in [3.8, 4) is 0 Å². The van der Waals surface area contributed by atoms with E-state index in [-0.39, 0.29) is 18.3 Å². The van der Waals surface area contributed by atoms with Crippen LogP contribution in [0.5, 0.6) is 0 Å². The van der Waals surface area contributed by atoms with E-state index >= 15 is 0 Å². The molecule has 1 amide bonds. The van der Waals surface area contributed by atoms with E-state index in [1.807, 2.05) is 24.3 Å². The summed E-state index contributed by atoms with van der Waals surface area (Å²) in [5.74, 6) is -0.00662. The number of benzene rings is 1. The van der Waals surface area contributed by atoms with Gasteiger partial charge in [0.1, 0.15) is 0 Å². The van der Waals surface area contributed by atoms with E-state index in [0.29, 0.717) is 19.5 Å². The summed E-state index contributed by atoms with van der Waals surface area (Å²) >= 11 is 0. The summed E-state index contributed by atoms with van der Waals surface area (Å²) in [6.45, 7) is 1.22. The molecule has 2 rings (SSSR count). The van der Waals surface area contributed by atoms with Gasteiger partial charge in [-0.3, -0.25) is 9.89 Å². The number of halogens is 1. The Morgan fingerprint density at radius 1 is 1.39 bits per heavy atom. The molecule has 1 heterocycles. The van der Waals surface area contributed by atoms with Gasteiger partial charge in [-0.25, -0.2) is 0 Å². The topological polar surface area (TPSA) is 83.8 Å². The number of para-hydroxylation sites is 1. The van der Waals surface area contributed by atoms with Crippen molar-refractivity contribution >= 4 is 29.2 Å². The molecule has 0 fully saturated rings. The summed E-state index contributed by atoms with van der Waals surface area (Å²) in [5.41, 5.74) is 7.10. The predicted octanol–water partition coefficient (Wildman–Crippen LogP) is 0.992. The Bertz CT molecular complexity index is 512. The number of hydrogen-bond acceptors (Lipinski definition) is 3. The van der Waals surface area contributed by atoms with Gasteiger partial charge < -0.3 is 11.1 Å². The molecule has 2 aromatic rings. The van der Waals surface area contributed by atoms with Gasteiger partial charge in [0.15, 0.2) is 0 Å². The first-order chi connectivity index (χ1) is 8.31. The van der Waals surface area contributed by atoms with E-state index in [1.54, 1.807) is 0 Å². The van der Waals surface area contributed by atoms with Crippen LogP contribution in [0.3, 0.4) is 0 Å². The first-order valence-electron chi connectivity index (χ1n) is 5.70. The van der Waals surface area contributed by atoms with Gasteiger partial charge in [0.25, 0.3) is 0 Å². The van der Waals surface area contributed by atoms with E-state index in [0.717, 1.165) is 23.0 Å². The van der Waals surface area contributed by atoms with Gasteiger partial charge >= 0.3 is 0 Å². The molecule has 0 unspecified atom stereocenters. The second kappa shape index (κ2) is 6.98. The molecule has 0 aliphatic carbocycles. The zero-order valence-electron chi connectivity index (χ0n) is 9.98. The number of nitrogens with one attached hydrogen (secondary N) is 2. The molecule has 0 saturated carbocycles. The van der Waals surface area contributed by atoms with Crippen molar-refractivity contribution in [2.24, 2.45) is 5.73 Å². The molecule has 0 aliphatic heterocycles. The van der Waals surface area contributed by atoms with Crippen molar-refractivity contribution in [2.45, 2.75) is 12.8 Å². The minimum absolute atomic E-state index is 0. The fourth-order valence-corrected chi connectivity index (χ4v) is 1.70. The van der Waals surface area contributed by atoms with Gasteiger partial charge in [-0.1, -0.05) is 18.2 Å². The Morgan fingerprint density at radius 3 is 2.94 bits per heavy atom. The molecule has 0 bridgehead atoms. The maximum absolute atomic E-state index is 11.6. The van der Waals surface area contributed by atoms with Crippen LogP contribution >= 0.6 is 12.4 Å². The molecule has 0 radical (unpaired) electrons. The van der Waals surface area contributed by atoms with Crippen molar-refractivity contribution in [2.75, 3.05) is 13.1 Å². The highest BCUT2D eigenvalue weighted by Gasteiger charge is 2.08. The van der Waals surface area contributed by atoms with Gasteiger partial charge in [0, 0.05) is 11.9 Å². The van der Waals surface area contributed by atoms with Crippen molar-refractivity contribution in [1.29, 1.82) is 0 Å². The van der Waals surface area contributed by atoms with Crippen LogP contribution in [0.25, 0.3) is 10.9 Å². The molecular formula is C12H17ClN4O. The minimum atomic E-state index is -0.00662. The number of rotatable bonds is 5. The van der Waals surface area contributed by atoms with Gasteiger partial charge in [-0.05, 0) is 19.0 Å². The van der Waals surface area contributed by atoms with Gasteiger partial charge in [0.2, 0.25) is 5.91 Å². The molecule has 0 aliphatic rings. The Balaban J connectivity index is 0.00000162. The first kappa shape index (κ1) is 14.5. The maximum atomic E-state index is 11.6. The highest BCUT2D eigenvalue weighted by atomic mass is 35.5. The van der Waals surface area contributed by atoms with Crippen LogP contribution in [0, 0.1) is 0 Å². The lowest BCUT2D eigenvalue weighted by atomic mass is 10.1. The number of amides is 1. The normalized spacial score (nSPS) is 10.1. The minimum Gasteiger partial charge on any atom is -0.356 e. The Kier molecular flexibility index (Phi) is 5.61. The number of carbonyl (C=O) groups excluding carboxylic acids is 1. The van der Waals surface area contributed by atoms with Crippen LogP contribution in [-0.2, 0) is 11.2 Å². The van der Waals surface area contributed by atoms with Gasteiger partial charge in [-0.2, -0.15) is 5.10 Å². The fraction of sp³-hybridized carbons (Fsp3) is 0.333. The van der Waals surface area contributed by atoms with E-state index in [4.69, 9.17) is 5.73 Å². The van der Waals surface area contributed by atoms with Crippen LogP contribution in [-0.4, -0.2) is 29.2 Å². The zero-order chi connectivity index (χ0) is 12.1. The highest BCUT2D eigenvalue weighted by molar-refractivity contribution is 5.87. The molecule has 0 atom stereocenters. The van der Waals surface area contributed by atoms with Crippen molar-refractivity contribution in [1.82, 2.24) is 15.5 Å². The summed E-state index contributed by atoms with van der Waals surface area (Å²) in [5, 5.41) is 10.9. The van der Waals surface area contributed by atoms with Crippen molar-refractivity contribution < 1.29 is 4.79 Å². The molecule has 98 valence electrons. The van der Waals surface area contributed by atoms with Gasteiger partial charge in [-0.15, -0.1) is 12.4 Å². The third-order valence-electron chi connectivity index (χ3n) is 2.58. The zero-order valence-corrected chi connectivity index (χ0v) is 10.8.